The largest absolute Gasteiger partial charge is 0.497 e. The second-order valence-electron chi connectivity index (χ2n) is 9.18. The molecule has 0 bridgehead atoms. The molecule has 1 aromatic carbocycles. The fourth-order valence-electron chi connectivity index (χ4n) is 4.10. The average Bonchev–Trinajstić information content (AvgIpc) is 3.18. The van der Waals surface area contributed by atoms with Crippen LogP contribution < -0.4 is 4.74 Å². The number of nitrogens with zero attached hydrogens (tertiary/aromatic N) is 2. The Bertz CT molecular complexity index is 873. The molecule has 2 heterocycles. The van der Waals surface area contributed by atoms with Gasteiger partial charge in [0.15, 0.2) is 0 Å². The molecule has 0 saturated carbocycles. The summed E-state index contributed by atoms with van der Waals surface area (Å²) in [6.07, 6.45) is 3.70. The van der Waals surface area contributed by atoms with Gasteiger partial charge >= 0.3 is 0 Å². The highest BCUT2D eigenvalue weighted by Gasteiger charge is 2.21. The highest BCUT2D eigenvalue weighted by Crippen LogP contribution is 2.21. The van der Waals surface area contributed by atoms with Crippen LogP contribution in [0.2, 0.25) is 0 Å². The SMILES string of the molecule is COc1ccc(CCN2CCC[C@H](CN(C)Cc3ccc(C#CC(C)(C)O)s3)C2)cc1. The molecule has 168 valence electrons. The van der Waals surface area contributed by atoms with Crippen molar-refractivity contribution in [1.29, 1.82) is 0 Å². The molecule has 1 aliphatic heterocycles. The summed E-state index contributed by atoms with van der Waals surface area (Å²) in [5.41, 5.74) is 0.433. The standard InChI is InChI=1S/C26H36N2O2S/c1-26(2,29)15-13-24-11-12-25(31-24)20-27(3)18-22-6-5-16-28(19-22)17-14-21-7-9-23(30-4)10-8-21/h7-12,22,29H,5-6,14,16-20H2,1-4H3/t22-/m1/s1. The van der Waals surface area contributed by atoms with Gasteiger partial charge in [-0.1, -0.05) is 24.0 Å². The highest BCUT2D eigenvalue weighted by molar-refractivity contribution is 7.12. The van der Waals surface area contributed by atoms with E-state index in [-0.39, 0.29) is 0 Å². The maximum absolute atomic E-state index is 9.77. The number of ether oxygens (including phenoxy) is 1. The lowest BCUT2D eigenvalue weighted by Crippen LogP contribution is -2.40. The Morgan fingerprint density at radius 1 is 1.23 bits per heavy atom. The van der Waals surface area contributed by atoms with E-state index < -0.39 is 5.60 Å². The van der Waals surface area contributed by atoms with Crippen molar-refractivity contribution in [2.45, 2.75) is 45.3 Å². The van der Waals surface area contributed by atoms with Gasteiger partial charge in [0.05, 0.1) is 12.0 Å². The molecule has 1 aliphatic rings. The van der Waals surface area contributed by atoms with Crippen LogP contribution in [0, 0.1) is 17.8 Å². The van der Waals surface area contributed by atoms with Gasteiger partial charge in [-0.25, -0.2) is 0 Å². The molecule has 0 radical (unpaired) electrons. The van der Waals surface area contributed by atoms with Crippen molar-refractivity contribution < 1.29 is 9.84 Å². The molecule has 0 amide bonds. The zero-order valence-electron chi connectivity index (χ0n) is 19.4. The summed E-state index contributed by atoms with van der Waals surface area (Å²) in [6.45, 7) is 9.04. The molecule has 4 nitrogen and oxygen atoms in total. The van der Waals surface area contributed by atoms with Gasteiger partial charge in [0.25, 0.3) is 0 Å². The molecule has 5 heteroatoms. The average molecular weight is 441 g/mol. The van der Waals surface area contributed by atoms with Gasteiger partial charge in [-0.3, -0.25) is 0 Å². The summed E-state index contributed by atoms with van der Waals surface area (Å²) in [6, 6.07) is 12.7. The third-order valence-corrected chi connectivity index (χ3v) is 6.61. The van der Waals surface area contributed by atoms with Gasteiger partial charge < -0.3 is 19.6 Å². The monoisotopic (exact) mass is 440 g/mol. The van der Waals surface area contributed by atoms with Gasteiger partial charge in [-0.2, -0.15) is 0 Å². The lowest BCUT2D eigenvalue weighted by Gasteiger charge is -2.34. The van der Waals surface area contributed by atoms with E-state index in [4.69, 9.17) is 4.74 Å². The number of aliphatic hydroxyl groups is 1. The van der Waals surface area contributed by atoms with Crippen LogP contribution >= 0.6 is 11.3 Å². The molecule has 1 atom stereocenters. The molecule has 1 N–H and O–H groups in total. The van der Waals surface area contributed by atoms with Crippen molar-refractivity contribution in [2.24, 2.45) is 5.92 Å². The van der Waals surface area contributed by atoms with Gasteiger partial charge in [0.2, 0.25) is 0 Å². The molecular formula is C26H36N2O2S. The second kappa shape index (κ2) is 11.2. The quantitative estimate of drug-likeness (QED) is 0.622. The van der Waals surface area contributed by atoms with Crippen molar-refractivity contribution in [2.75, 3.05) is 40.3 Å². The minimum Gasteiger partial charge on any atom is -0.497 e. The number of hydrogen-bond donors (Lipinski definition) is 1. The summed E-state index contributed by atoms with van der Waals surface area (Å²) in [7, 11) is 3.93. The van der Waals surface area contributed by atoms with Gasteiger partial charge in [-0.15, -0.1) is 11.3 Å². The minimum atomic E-state index is -0.943. The van der Waals surface area contributed by atoms with Crippen LogP contribution in [0.5, 0.6) is 5.75 Å². The molecule has 0 unspecified atom stereocenters. The van der Waals surface area contributed by atoms with E-state index in [0.29, 0.717) is 0 Å². The number of hydrogen-bond acceptors (Lipinski definition) is 5. The van der Waals surface area contributed by atoms with Crippen LogP contribution in [0.4, 0.5) is 0 Å². The third kappa shape index (κ3) is 8.31. The number of methoxy groups -OCH3 is 1. The van der Waals surface area contributed by atoms with Crippen molar-refractivity contribution in [1.82, 2.24) is 9.80 Å². The molecule has 1 saturated heterocycles. The Labute approximate surface area is 191 Å². The second-order valence-corrected chi connectivity index (χ2v) is 10.3. The number of likely N-dealkylation sites (tertiary alicyclic amines) is 1. The van der Waals surface area contributed by atoms with Crippen LogP contribution in [0.25, 0.3) is 0 Å². The van der Waals surface area contributed by atoms with Crippen LogP contribution in [0.15, 0.2) is 36.4 Å². The number of thiophene rings is 1. The predicted molar refractivity (Wildman–Crippen MR) is 130 cm³/mol. The fraction of sp³-hybridized carbons (Fsp3) is 0.538. The zero-order valence-corrected chi connectivity index (χ0v) is 20.2. The van der Waals surface area contributed by atoms with Crippen molar-refractivity contribution in [3.8, 4) is 17.6 Å². The fourth-order valence-corrected chi connectivity index (χ4v) is 5.04. The summed E-state index contributed by atoms with van der Waals surface area (Å²) in [5, 5.41) is 9.77. The Kier molecular flexibility index (Phi) is 8.57. The maximum Gasteiger partial charge on any atom is 0.120 e. The maximum atomic E-state index is 9.77. The summed E-state index contributed by atoms with van der Waals surface area (Å²) >= 11 is 1.73. The molecular weight excluding hydrogens is 404 g/mol. The van der Waals surface area contributed by atoms with E-state index in [9.17, 15) is 5.11 Å². The van der Waals surface area contributed by atoms with Crippen LogP contribution in [0.1, 0.15) is 42.0 Å². The Morgan fingerprint density at radius 2 is 2.00 bits per heavy atom. The van der Waals surface area contributed by atoms with Crippen molar-refractivity contribution in [3.05, 3.63) is 51.7 Å². The Balaban J connectivity index is 1.44. The van der Waals surface area contributed by atoms with E-state index in [0.717, 1.165) is 42.6 Å². The van der Waals surface area contributed by atoms with Gasteiger partial charge in [0, 0.05) is 31.1 Å². The lowest BCUT2D eigenvalue weighted by molar-refractivity contribution is 0.142. The number of piperidine rings is 1. The number of rotatable bonds is 8. The number of benzene rings is 1. The summed E-state index contributed by atoms with van der Waals surface area (Å²) in [5.74, 6) is 7.63. The molecule has 0 aliphatic carbocycles. The Morgan fingerprint density at radius 3 is 2.71 bits per heavy atom. The summed E-state index contributed by atoms with van der Waals surface area (Å²) < 4.78 is 5.25. The van der Waals surface area contributed by atoms with Gasteiger partial charge in [-0.05, 0) is 82.4 Å². The first kappa shape index (κ1) is 23.8. The van der Waals surface area contributed by atoms with Gasteiger partial charge in [0.1, 0.15) is 11.4 Å². The van der Waals surface area contributed by atoms with Crippen LogP contribution in [-0.2, 0) is 13.0 Å². The topological polar surface area (TPSA) is 35.9 Å². The van der Waals surface area contributed by atoms with E-state index in [1.165, 1.54) is 36.4 Å². The van der Waals surface area contributed by atoms with E-state index in [1.807, 2.05) is 0 Å². The van der Waals surface area contributed by atoms with E-state index >= 15 is 0 Å². The summed E-state index contributed by atoms with van der Waals surface area (Å²) in [4.78, 5) is 7.42. The zero-order chi connectivity index (χ0) is 22.3. The van der Waals surface area contributed by atoms with Crippen LogP contribution in [-0.4, -0.2) is 60.8 Å². The molecule has 2 aromatic rings. The lowest BCUT2D eigenvalue weighted by atomic mass is 9.97. The van der Waals surface area contributed by atoms with Crippen molar-refractivity contribution in [3.63, 3.8) is 0 Å². The first-order valence-corrected chi connectivity index (χ1v) is 12.0. The van der Waals surface area contributed by atoms with E-state index in [2.05, 4.69) is 65.1 Å². The molecule has 3 rings (SSSR count). The molecule has 0 spiro atoms. The van der Waals surface area contributed by atoms with Crippen LogP contribution in [0.3, 0.4) is 0 Å². The molecule has 31 heavy (non-hydrogen) atoms. The van der Waals surface area contributed by atoms with E-state index in [1.54, 1.807) is 32.3 Å². The normalized spacial score (nSPS) is 17.4. The minimum absolute atomic E-state index is 0.726. The Hall–Kier alpha value is -1.84. The van der Waals surface area contributed by atoms with Crippen molar-refractivity contribution >= 4 is 11.3 Å². The predicted octanol–water partition coefficient (Wildman–Crippen LogP) is 4.27. The highest BCUT2D eigenvalue weighted by atomic mass is 32.1. The molecule has 1 fully saturated rings. The smallest absolute Gasteiger partial charge is 0.120 e. The molecule has 1 aromatic heterocycles. The third-order valence-electron chi connectivity index (χ3n) is 5.63. The first-order valence-electron chi connectivity index (χ1n) is 11.2. The first-order chi connectivity index (χ1) is 14.8.